The Hall–Kier alpha value is -0.830. The third-order valence-corrected chi connectivity index (χ3v) is 4.11. The molecule has 1 heterocycles. The van der Waals surface area contributed by atoms with Gasteiger partial charge in [-0.2, -0.15) is 0 Å². The molecule has 1 aliphatic carbocycles. The number of halogens is 1. The molecule has 19 heavy (non-hydrogen) atoms. The van der Waals surface area contributed by atoms with Crippen molar-refractivity contribution in [1.29, 1.82) is 0 Å². The summed E-state index contributed by atoms with van der Waals surface area (Å²) in [6, 6.07) is 0. The van der Waals surface area contributed by atoms with Crippen LogP contribution >= 0.6 is 11.6 Å². The van der Waals surface area contributed by atoms with Gasteiger partial charge in [-0.05, 0) is 25.2 Å². The van der Waals surface area contributed by atoms with E-state index in [1.54, 1.807) is 0 Å². The number of ether oxygens (including phenoxy) is 1. The van der Waals surface area contributed by atoms with Gasteiger partial charge in [0.25, 0.3) is 0 Å². The van der Waals surface area contributed by atoms with Gasteiger partial charge in [-0.3, -0.25) is 0 Å². The molecule has 0 spiro atoms. The van der Waals surface area contributed by atoms with E-state index < -0.39 is 0 Å². The summed E-state index contributed by atoms with van der Waals surface area (Å²) in [5.41, 5.74) is 0.959. The Morgan fingerprint density at radius 1 is 1.21 bits per heavy atom. The third-order valence-electron chi connectivity index (χ3n) is 3.78. The molecule has 1 aromatic heterocycles. The highest BCUT2D eigenvalue weighted by Crippen LogP contribution is 2.26. The average molecular weight is 283 g/mol. The lowest BCUT2D eigenvalue weighted by Crippen LogP contribution is -2.13. The molecule has 1 fully saturated rings. The molecule has 106 valence electrons. The molecule has 1 aliphatic rings. The van der Waals surface area contributed by atoms with E-state index in [0.717, 1.165) is 25.0 Å². The maximum Gasteiger partial charge on any atom is 0.221 e. The van der Waals surface area contributed by atoms with Gasteiger partial charge in [-0.1, -0.05) is 50.6 Å². The molecule has 0 aliphatic heterocycles. The Bertz CT molecular complexity index is 390. The van der Waals surface area contributed by atoms with Crippen LogP contribution in [0.1, 0.15) is 57.4 Å². The van der Waals surface area contributed by atoms with Crippen molar-refractivity contribution >= 4 is 11.6 Å². The molecule has 0 amide bonds. The van der Waals surface area contributed by atoms with Crippen LogP contribution in [-0.4, -0.2) is 16.6 Å². The van der Waals surface area contributed by atoms with Crippen molar-refractivity contribution in [2.24, 2.45) is 5.92 Å². The molecule has 0 radical (unpaired) electrons. The SMILES string of the molecule is CCCc1c(Cl)ncnc1OCC1CCCCCC1. The molecule has 0 N–H and O–H groups in total. The quantitative estimate of drug-likeness (QED) is 0.592. The van der Waals surface area contributed by atoms with Crippen LogP contribution in [0.15, 0.2) is 6.33 Å². The van der Waals surface area contributed by atoms with Gasteiger partial charge in [0.1, 0.15) is 11.5 Å². The van der Waals surface area contributed by atoms with Gasteiger partial charge in [0.05, 0.1) is 12.2 Å². The van der Waals surface area contributed by atoms with E-state index in [1.807, 2.05) is 0 Å². The summed E-state index contributed by atoms with van der Waals surface area (Å²) in [5, 5.41) is 0.535. The number of nitrogens with zero attached hydrogens (tertiary/aromatic N) is 2. The molecule has 0 saturated heterocycles. The second kappa shape index (κ2) is 7.68. The molecular formula is C15H23ClN2O. The minimum absolute atomic E-state index is 0.535. The van der Waals surface area contributed by atoms with Gasteiger partial charge < -0.3 is 4.74 Å². The zero-order valence-corrected chi connectivity index (χ0v) is 12.5. The molecule has 4 heteroatoms. The fourth-order valence-electron chi connectivity index (χ4n) is 2.69. The first kappa shape index (κ1) is 14.6. The molecule has 0 bridgehead atoms. The number of hydrogen-bond acceptors (Lipinski definition) is 3. The molecule has 0 unspecified atom stereocenters. The van der Waals surface area contributed by atoms with Crippen LogP contribution in [0.3, 0.4) is 0 Å². The first-order valence-corrected chi connectivity index (χ1v) is 7.81. The highest BCUT2D eigenvalue weighted by atomic mass is 35.5. The minimum Gasteiger partial charge on any atom is -0.477 e. The fraction of sp³-hybridized carbons (Fsp3) is 0.733. The van der Waals surface area contributed by atoms with E-state index in [2.05, 4.69) is 16.9 Å². The summed E-state index contributed by atoms with van der Waals surface area (Å²) >= 11 is 6.12. The zero-order valence-electron chi connectivity index (χ0n) is 11.7. The Labute approximate surface area is 120 Å². The van der Waals surface area contributed by atoms with Crippen LogP contribution in [0.2, 0.25) is 5.15 Å². The molecule has 3 nitrogen and oxygen atoms in total. The van der Waals surface area contributed by atoms with Crippen molar-refractivity contribution in [3.8, 4) is 5.88 Å². The summed E-state index contributed by atoms with van der Waals surface area (Å²) in [6.45, 7) is 2.89. The average Bonchev–Trinajstić information content (AvgIpc) is 2.68. The molecule has 0 atom stereocenters. The van der Waals surface area contributed by atoms with Crippen LogP contribution in [-0.2, 0) is 6.42 Å². The van der Waals surface area contributed by atoms with Crippen molar-refractivity contribution in [2.45, 2.75) is 58.3 Å². The second-order valence-electron chi connectivity index (χ2n) is 5.37. The van der Waals surface area contributed by atoms with Gasteiger partial charge >= 0.3 is 0 Å². The molecule has 2 rings (SSSR count). The van der Waals surface area contributed by atoms with Crippen molar-refractivity contribution in [3.05, 3.63) is 17.0 Å². The first-order chi connectivity index (χ1) is 9.31. The van der Waals surface area contributed by atoms with Gasteiger partial charge in [-0.25, -0.2) is 9.97 Å². The van der Waals surface area contributed by atoms with Gasteiger partial charge in [0.2, 0.25) is 5.88 Å². The highest BCUT2D eigenvalue weighted by Gasteiger charge is 2.15. The van der Waals surface area contributed by atoms with Crippen molar-refractivity contribution in [2.75, 3.05) is 6.61 Å². The Kier molecular flexibility index (Phi) is 5.90. The Morgan fingerprint density at radius 3 is 2.63 bits per heavy atom. The normalized spacial score (nSPS) is 17.2. The van der Waals surface area contributed by atoms with Crippen molar-refractivity contribution < 1.29 is 4.74 Å². The van der Waals surface area contributed by atoms with Crippen LogP contribution in [0.25, 0.3) is 0 Å². The summed E-state index contributed by atoms with van der Waals surface area (Å²) in [5.74, 6) is 1.36. The molecule has 1 saturated carbocycles. The monoisotopic (exact) mass is 282 g/mol. The minimum atomic E-state index is 0.535. The second-order valence-corrected chi connectivity index (χ2v) is 5.72. The lowest BCUT2D eigenvalue weighted by atomic mass is 10.0. The summed E-state index contributed by atoms with van der Waals surface area (Å²) in [6.07, 6.45) is 11.4. The zero-order chi connectivity index (χ0) is 13.5. The van der Waals surface area contributed by atoms with Gasteiger partial charge in [0.15, 0.2) is 0 Å². The molecule has 0 aromatic carbocycles. The summed E-state index contributed by atoms with van der Waals surface area (Å²) in [7, 11) is 0. The summed E-state index contributed by atoms with van der Waals surface area (Å²) in [4.78, 5) is 8.29. The van der Waals surface area contributed by atoms with E-state index in [1.165, 1.54) is 44.9 Å². The predicted molar refractivity (Wildman–Crippen MR) is 77.7 cm³/mol. The van der Waals surface area contributed by atoms with E-state index in [9.17, 15) is 0 Å². The molecule has 1 aromatic rings. The van der Waals surface area contributed by atoms with E-state index in [4.69, 9.17) is 16.3 Å². The van der Waals surface area contributed by atoms with Crippen molar-refractivity contribution in [3.63, 3.8) is 0 Å². The van der Waals surface area contributed by atoms with E-state index >= 15 is 0 Å². The molecular weight excluding hydrogens is 260 g/mol. The largest absolute Gasteiger partial charge is 0.477 e. The van der Waals surface area contributed by atoms with Crippen LogP contribution in [0.4, 0.5) is 0 Å². The smallest absolute Gasteiger partial charge is 0.221 e. The van der Waals surface area contributed by atoms with Crippen LogP contribution < -0.4 is 4.74 Å². The van der Waals surface area contributed by atoms with E-state index in [0.29, 0.717) is 17.0 Å². The number of aromatic nitrogens is 2. The highest BCUT2D eigenvalue weighted by molar-refractivity contribution is 6.30. The first-order valence-electron chi connectivity index (χ1n) is 7.43. The topological polar surface area (TPSA) is 35.0 Å². The lowest BCUT2D eigenvalue weighted by molar-refractivity contribution is 0.224. The number of rotatable bonds is 5. The van der Waals surface area contributed by atoms with Crippen LogP contribution in [0, 0.1) is 5.92 Å². The summed E-state index contributed by atoms with van der Waals surface area (Å²) < 4.78 is 5.93. The Morgan fingerprint density at radius 2 is 1.95 bits per heavy atom. The Balaban J connectivity index is 1.96. The fourth-order valence-corrected chi connectivity index (χ4v) is 2.91. The van der Waals surface area contributed by atoms with E-state index in [-0.39, 0.29) is 0 Å². The third kappa shape index (κ3) is 4.34. The number of hydrogen-bond donors (Lipinski definition) is 0. The standard InChI is InChI=1S/C15H23ClN2O/c1-2-7-13-14(16)17-11-18-15(13)19-10-12-8-5-3-4-6-9-12/h11-12H,2-10H2,1H3. The van der Waals surface area contributed by atoms with Crippen LogP contribution in [0.5, 0.6) is 5.88 Å². The van der Waals surface area contributed by atoms with Crippen molar-refractivity contribution in [1.82, 2.24) is 9.97 Å². The maximum atomic E-state index is 6.12. The van der Waals surface area contributed by atoms with Gasteiger partial charge in [-0.15, -0.1) is 0 Å². The maximum absolute atomic E-state index is 6.12. The predicted octanol–water partition coefficient (Wildman–Crippen LogP) is 4.43. The van der Waals surface area contributed by atoms with Gasteiger partial charge in [0, 0.05) is 0 Å². The lowest BCUT2D eigenvalue weighted by Gasteiger charge is -2.16.